The molecule has 3 aromatic rings. The Morgan fingerprint density at radius 1 is 1.15 bits per heavy atom. The van der Waals surface area contributed by atoms with Gasteiger partial charge in [0.1, 0.15) is 0 Å². The minimum absolute atomic E-state index is 0.0264. The molecule has 2 heterocycles. The summed E-state index contributed by atoms with van der Waals surface area (Å²) in [7, 11) is 0. The Kier molecular flexibility index (Phi) is 6.63. The van der Waals surface area contributed by atoms with Gasteiger partial charge in [-0.2, -0.15) is 13.2 Å². The van der Waals surface area contributed by atoms with Crippen molar-refractivity contribution in [3.8, 4) is 11.3 Å². The van der Waals surface area contributed by atoms with Crippen molar-refractivity contribution < 1.29 is 27.5 Å². The molecule has 180 valence electrons. The van der Waals surface area contributed by atoms with Crippen LogP contribution in [0.4, 0.5) is 13.2 Å². The Labute approximate surface area is 195 Å². The fourth-order valence-corrected chi connectivity index (χ4v) is 4.13. The lowest BCUT2D eigenvalue weighted by atomic mass is 9.99. The van der Waals surface area contributed by atoms with Crippen LogP contribution in [-0.2, 0) is 33.5 Å². The smallest absolute Gasteiger partial charge is 0.416 e. The van der Waals surface area contributed by atoms with Gasteiger partial charge in [-0.05, 0) is 62.1 Å². The predicted molar refractivity (Wildman–Crippen MR) is 120 cm³/mol. The van der Waals surface area contributed by atoms with E-state index in [1.165, 1.54) is 6.07 Å². The van der Waals surface area contributed by atoms with E-state index in [0.29, 0.717) is 34.4 Å². The van der Waals surface area contributed by atoms with E-state index in [2.05, 4.69) is 4.98 Å². The lowest BCUT2D eigenvalue weighted by molar-refractivity contribution is -0.142. The van der Waals surface area contributed by atoms with Crippen LogP contribution in [0, 0.1) is 5.92 Å². The highest BCUT2D eigenvalue weighted by molar-refractivity contribution is 5.82. The number of ether oxygens (including phenoxy) is 1. The third kappa shape index (κ3) is 4.93. The summed E-state index contributed by atoms with van der Waals surface area (Å²) in [5.74, 6) is -0.461. The fourth-order valence-electron chi connectivity index (χ4n) is 4.13. The number of hydrogen-bond acceptors (Lipinski definition) is 4. The molecule has 6 nitrogen and oxygen atoms in total. The number of benzene rings is 1. The van der Waals surface area contributed by atoms with E-state index in [1.807, 2.05) is 6.92 Å². The number of alkyl halides is 3. The monoisotopic (exact) mass is 473 g/mol. The number of fused-ring (bicyclic) bond motifs is 1. The molecule has 0 saturated heterocycles. The van der Waals surface area contributed by atoms with Gasteiger partial charge in [-0.3, -0.25) is 9.59 Å². The van der Waals surface area contributed by atoms with E-state index < -0.39 is 17.7 Å². The van der Waals surface area contributed by atoms with Crippen molar-refractivity contribution in [2.24, 2.45) is 5.92 Å². The Balaban J connectivity index is 1.82. The molecule has 0 bridgehead atoms. The van der Waals surface area contributed by atoms with Gasteiger partial charge in [0, 0.05) is 30.8 Å². The number of carbonyl (C=O) groups excluding carboxylic acids is 2. The third-order valence-corrected chi connectivity index (χ3v) is 5.99. The topological polar surface area (TPSA) is 63.9 Å². The number of amides is 1. The number of aromatic nitrogens is 2. The van der Waals surface area contributed by atoms with Crippen molar-refractivity contribution in [1.29, 1.82) is 0 Å². The first-order valence-electron chi connectivity index (χ1n) is 11.3. The number of esters is 1. The van der Waals surface area contributed by atoms with Crippen molar-refractivity contribution in [3.63, 3.8) is 0 Å². The molecule has 0 N–H and O–H groups in total. The second-order valence-corrected chi connectivity index (χ2v) is 8.37. The van der Waals surface area contributed by atoms with Crippen LogP contribution in [0.1, 0.15) is 43.4 Å². The zero-order valence-electron chi connectivity index (χ0n) is 19.1. The normalized spacial score (nSPS) is 13.8. The fraction of sp³-hybridized carbons (Fsp3) is 0.400. The van der Waals surface area contributed by atoms with Gasteiger partial charge >= 0.3 is 12.1 Å². The summed E-state index contributed by atoms with van der Waals surface area (Å²) in [6, 6.07) is 7.10. The van der Waals surface area contributed by atoms with Gasteiger partial charge in [0.2, 0.25) is 5.91 Å². The van der Waals surface area contributed by atoms with Crippen molar-refractivity contribution in [2.45, 2.75) is 45.8 Å². The molecular formula is C25H26F3N3O3. The minimum Gasteiger partial charge on any atom is -0.466 e. The first-order valence-corrected chi connectivity index (χ1v) is 11.3. The van der Waals surface area contributed by atoms with Crippen molar-refractivity contribution in [2.75, 3.05) is 13.2 Å². The van der Waals surface area contributed by atoms with Crippen LogP contribution < -0.4 is 0 Å². The van der Waals surface area contributed by atoms with Crippen molar-refractivity contribution >= 4 is 17.4 Å². The quantitative estimate of drug-likeness (QED) is 0.438. The average molecular weight is 473 g/mol. The van der Waals surface area contributed by atoms with Gasteiger partial charge in [0.25, 0.3) is 0 Å². The minimum atomic E-state index is -4.51. The Morgan fingerprint density at radius 3 is 2.56 bits per heavy atom. The van der Waals surface area contributed by atoms with Crippen LogP contribution in [0.25, 0.3) is 16.8 Å². The molecule has 1 aliphatic rings. The average Bonchev–Trinajstić information content (AvgIpc) is 3.59. The molecule has 0 aliphatic heterocycles. The SMILES string of the molecule is CCOC(=O)Cc1cc(-c2ccc(C(F)(F)F)cc2CN(CC)C(=O)C2CC2)n2cnccc12. The molecule has 1 saturated carbocycles. The van der Waals surface area contributed by atoms with Gasteiger partial charge in [-0.1, -0.05) is 6.07 Å². The van der Waals surface area contributed by atoms with Gasteiger partial charge in [0.05, 0.1) is 36.1 Å². The molecule has 0 atom stereocenters. The van der Waals surface area contributed by atoms with Gasteiger partial charge < -0.3 is 14.0 Å². The molecule has 0 radical (unpaired) electrons. The van der Waals surface area contributed by atoms with Crippen LogP contribution in [0.5, 0.6) is 0 Å². The van der Waals surface area contributed by atoms with E-state index in [-0.39, 0.29) is 31.4 Å². The lowest BCUT2D eigenvalue weighted by Crippen LogP contribution is -2.31. The van der Waals surface area contributed by atoms with E-state index >= 15 is 0 Å². The first kappa shape index (κ1) is 23.8. The molecule has 34 heavy (non-hydrogen) atoms. The zero-order chi connectivity index (χ0) is 24.5. The summed E-state index contributed by atoms with van der Waals surface area (Å²) in [5, 5.41) is 0. The van der Waals surface area contributed by atoms with E-state index in [9.17, 15) is 22.8 Å². The molecule has 0 unspecified atom stereocenters. The second-order valence-electron chi connectivity index (χ2n) is 8.37. The summed E-state index contributed by atoms with van der Waals surface area (Å²) >= 11 is 0. The molecule has 1 fully saturated rings. The molecule has 1 aromatic carbocycles. The Hall–Kier alpha value is -3.36. The number of halogens is 3. The number of rotatable bonds is 8. The summed E-state index contributed by atoms with van der Waals surface area (Å²) in [6.45, 7) is 4.26. The summed E-state index contributed by atoms with van der Waals surface area (Å²) in [5.41, 5.74) is 2.16. The molecule has 2 aromatic heterocycles. The van der Waals surface area contributed by atoms with Crippen LogP contribution in [0.15, 0.2) is 42.9 Å². The largest absolute Gasteiger partial charge is 0.466 e. The van der Waals surface area contributed by atoms with E-state index in [4.69, 9.17) is 4.74 Å². The third-order valence-electron chi connectivity index (χ3n) is 5.99. The summed E-state index contributed by atoms with van der Waals surface area (Å²) < 4.78 is 47.5. The Morgan fingerprint density at radius 2 is 1.91 bits per heavy atom. The molecule has 9 heteroatoms. The maximum Gasteiger partial charge on any atom is 0.416 e. The van der Waals surface area contributed by atoms with Crippen LogP contribution in [0.2, 0.25) is 0 Å². The summed E-state index contributed by atoms with van der Waals surface area (Å²) in [6.07, 6.45) is 0.303. The van der Waals surface area contributed by atoms with Gasteiger partial charge in [-0.15, -0.1) is 0 Å². The van der Waals surface area contributed by atoms with Gasteiger partial charge in [-0.25, -0.2) is 4.98 Å². The van der Waals surface area contributed by atoms with Crippen molar-refractivity contribution in [3.05, 3.63) is 59.5 Å². The first-order chi connectivity index (χ1) is 16.2. The highest BCUT2D eigenvalue weighted by Crippen LogP contribution is 2.37. The standard InChI is InChI=1S/C25H26F3N3O3/c1-3-30(24(33)16-5-6-16)14-18-11-19(25(26,27)28)7-8-20(18)22-12-17(13-23(32)34-4-2)21-9-10-29-15-31(21)22/h7-12,15-16H,3-6,13-14H2,1-2H3. The van der Waals surface area contributed by atoms with Gasteiger partial charge in [0.15, 0.2) is 0 Å². The van der Waals surface area contributed by atoms with Crippen LogP contribution >= 0.6 is 0 Å². The molecular weight excluding hydrogens is 447 g/mol. The lowest BCUT2D eigenvalue weighted by Gasteiger charge is -2.23. The van der Waals surface area contributed by atoms with Crippen molar-refractivity contribution in [1.82, 2.24) is 14.3 Å². The van der Waals surface area contributed by atoms with Crippen LogP contribution in [-0.4, -0.2) is 39.3 Å². The van der Waals surface area contributed by atoms with Crippen LogP contribution in [0.3, 0.4) is 0 Å². The zero-order valence-corrected chi connectivity index (χ0v) is 19.1. The predicted octanol–water partition coefficient (Wildman–Crippen LogP) is 4.88. The summed E-state index contributed by atoms with van der Waals surface area (Å²) in [4.78, 5) is 30.6. The number of nitrogens with zero attached hydrogens (tertiary/aromatic N) is 3. The molecule has 0 spiro atoms. The number of hydrogen-bond donors (Lipinski definition) is 0. The molecule has 1 aliphatic carbocycles. The molecule has 4 rings (SSSR count). The highest BCUT2D eigenvalue weighted by Gasteiger charge is 2.34. The highest BCUT2D eigenvalue weighted by atomic mass is 19.4. The maximum absolute atomic E-state index is 13.5. The maximum atomic E-state index is 13.5. The molecule has 1 amide bonds. The van der Waals surface area contributed by atoms with E-state index in [0.717, 1.165) is 25.0 Å². The number of carbonyl (C=O) groups is 2. The Bertz CT molecular complexity index is 1220. The van der Waals surface area contributed by atoms with E-state index in [1.54, 1.807) is 40.9 Å². The second kappa shape index (κ2) is 9.48.